The summed E-state index contributed by atoms with van der Waals surface area (Å²) in [7, 11) is 1.64. The second-order valence-corrected chi connectivity index (χ2v) is 4.53. The zero-order valence-electron chi connectivity index (χ0n) is 11.5. The van der Waals surface area contributed by atoms with Gasteiger partial charge in [-0.25, -0.2) is 4.98 Å². The van der Waals surface area contributed by atoms with Crippen LogP contribution in [0.25, 0.3) is 0 Å². The van der Waals surface area contributed by atoms with Crippen LogP contribution in [0.1, 0.15) is 12.5 Å². The fraction of sp³-hybridized carbons (Fsp3) is 0.267. The monoisotopic (exact) mass is 292 g/mol. The van der Waals surface area contributed by atoms with Crippen LogP contribution >= 0.6 is 11.6 Å². The molecule has 0 aliphatic carbocycles. The van der Waals surface area contributed by atoms with Gasteiger partial charge in [-0.3, -0.25) is 0 Å². The highest BCUT2D eigenvalue weighted by Crippen LogP contribution is 2.28. The molecule has 2 aromatic rings. The molecule has 20 heavy (non-hydrogen) atoms. The molecule has 0 amide bonds. The maximum Gasteiger partial charge on any atom is 0.161 e. The van der Waals surface area contributed by atoms with Crippen molar-refractivity contribution in [3.8, 4) is 11.5 Å². The van der Waals surface area contributed by atoms with Crippen LogP contribution in [0.5, 0.6) is 11.5 Å². The molecular weight excluding hydrogens is 276 g/mol. The number of hydrogen-bond donors (Lipinski definition) is 1. The third kappa shape index (κ3) is 3.78. The molecule has 106 valence electrons. The molecule has 0 saturated heterocycles. The molecule has 0 atom stereocenters. The highest BCUT2D eigenvalue weighted by Gasteiger charge is 2.05. The Hall–Kier alpha value is -1.94. The Morgan fingerprint density at radius 3 is 2.70 bits per heavy atom. The van der Waals surface area contributed by atoms with Crippen molar-refractivity contribution in [1.29, 1.82) is 0 Å². The van der Waals surface area contributed by atoms with Gasteiger partial charge in [-0.15, -0.1) is 0 Å². The largest absolute Gasteiger partial charge is 0.493 e. The Morgan fingerprint density at radius 1 is 1.20 bits per heavy atom. The summed E-state index contributed by atoms with van der Waals surface area (Å²) in [6.07, 6.45) is 1.70. The normalized spacial score (nSPS) is 10.2. The first-order valence-electron chi connectivity index (χ1n) is 6.38. The van der Waals surface area contributed by atoms with Crippen molar-refractivity contribution in [2.24, 2.45) is 0 Å². The molecule has 0 bridgehead atoms. The van der Waals surface area contributed by atoms with Crippen LogP contribution in [0.2, 0.25) is 5.15 Å². The van der Waals surface area contributed by atoms with Crippen molar-refractivity contribution in [3.63, 3.8) is 0 Å². The van der Waals surface area contributed by atoms with Crippen molar-refractivity contribution < 1.29 is 9.47 Å². The van der Waals surface area contributed by atoms with Crippen molar-refractivity contribution in [1.82, 2.24) is 4.98 Å². The molecule has 0 radical (unpaired) electrons. The van der Waals surface area contributed by atoms with Gasteiger partial charge in [-0.2, -0.15) is 0 Å². The van der Waals surface area contributed by atoms with Crippen LogP contribution in [0.4, 0.5) is 5.69 Å². The van der Waals surface area contributed by atoms with E-state index < -0.39 is 0 Å². The number of hydrogen-bond acceptors (Lipinski definition) is 4. The smallest absolute Gasteiger partial charge is 0.161 e. The average molecular weight is 293 g/mol. The van der Waals surface area contributed by atoms with Gasteiger partial charge < -0.3 is 14.8 Å². The lowest BCUT2D eigenvalue weighted by Crippen LogP contribution is -2.01. The number of ether oxygens (including phenoxy) is 2. The van der Waals surface area contributed by atoms with Gasteiger partial charge >= 0.3 is 0 Å². The fourth-order valence-corrected chi connectivity index (χ4v) is 1.89. The van der Waals surface area contributed by atoms with Crippen LogP contribution in [-0.2, 0) is 6.54 Å². The molecule has 4 nitrogen and oxygen atoms in total. The molecule has 1 aromatic heterocycles. The van der Waals surface area contributed by atoms with Gasteiger partial charge in [0.2, 0.25) is 0 Å². The Kier molecular flexibility index (Phi) is 5.07. The van der Waals surface area contributed by atoms with Crippen molar-refractivity contribution in [2.45, 2.75) is 13.5 Å². The molecule has 0 fully saturated rings. The summed E-state index contributed by atoms with van der Waals surface area (Å²) in [6.45, 7) is 3.24. The summed E-state index contributed by atoms with van der Waals surface area (Å²) in [5.74, 6) is 1.49. The van der Waals surface area contributed by atoms with Crippen LogP contribution in [0.3, 0.4) is 0 Å². The van der Waals surface area contributed by atoms with Gasteiger partial charge in [-0.1, -0.05) is 17.7 Å². The number of methoxy groups -OCH3 is 1. The number of nitrogens with zero attached hydrogens (tertiary/aromatic N) is 1. The van der Waals surface area contributed by atoms with E-state index in [1.54, 1.807) is 19.4 Å². The Bertz CT molecular complexity index is 558. The summed E-state index contributed by atoms with van der Waals surface area (Å²) in [5, 5.41) is 3.76. The third-order valence-corrected chi connectivity index (χ3v) is 2.98. The second-order valence-electron chi connectivity index (χ2n) is 4.14. The van der Waals surface area contributed by atoms with E-state index >= 15 is 0 Å². The highest BCUT2D eigenvalue weighted by molar-refractivity contribution is 6.29. The van der Waals surface area contributed by atoms with E-state index in [9.17, 15) is 0 Å². The number of nitrogens with one attached hydrogen (secondary N) is 1. The van der Waals surface area contributed by atoms with Crippen molar-refractivity contribution in [3.05, 3.63) is 47.2 Å². The highest BCUT2D eigenvalue weighted by atomic mass is 35.5. The molecule has 1 heterocycles. The minimum absolute atomic E-state index is 0.485. The number of benzene rings is 1. The summed E-state index contributed by atoms with van der Waals surface area (Å²) in [6, 6.07) is 9.52. The van der Waals surface area contributed by atoms with E-state index in [2.05, 4.69) is 10.3 Å². The standard InChI is InChI=1S/C15H17ClN2O2/c1-3-20-13-6-4-11(8-14(13)19-2)9-17-12-5-7-15(16)18-10-12/h4-8,10,17H,3,9H2,1-2H3. The third-order valence-electron chi connectivity index (χ3n) is 2.75. The molecule has 5 heteroatoms. The van der Waals surface area contributed by atoms with Gasteiger partial charge in [0.05, 0.1) is 25.6 Å². The van der Waals surface area contributed by atoms with Gasteiger partial charge in [-0.05, 0) is 36.8 Å². The summed E-state index contributed by atoms with van der Waals surface area (Å²) in [4.78, 5) is 4.02. The molecule has 2 rings (SSSR count). The van der Waals surface area contributed by atoms with E-state index in [1.807, 2.05) is 31.2 Å². The van der Waals surface area contributed by atoms with E-state index in [-0.39, 0.29) is 0 Å². The average Bonchev–Trinajstić information content (AvgIpc) is 2.48. The quantitative estimate of drug-likeness (QED) is 0.824. The maximum atomic E-state index is 5.75. The summed E-state index contributed by atoms with van der Waals surface area (Å²) >= 11 is 5.75. The summed E-state index contributed by atoms with van der Waals surface area (Å²) < 4.78 is 10.8. The van der Waals surface area contributed by atoms with Crippen molar-refractivity contribution in [2.75, 3.05) is 19.0 Å². The first-order chi connectivity index (χ1) is 9.72. The molecule has 0 unspecified atom stereocenters. The van der Waals surface area contributed by atoms with Gasteiger partial charge in [0.1, 0.15) is 5.15 Å². The van der Waals surface area contributed by atoms with E-state index in [0.717, 1.165) is 22.7 Å². The number of aromatic nitrogens is 1. The van der Waals surface area contributed by atoms with Crippen LogP contribution in [-0.4, -0.2) is 18.7 Å². The minimum Gasteiger partial charge on any atom is -0.493 e. The lowest BCUT2D eigenvalue weighted by molar-refractivity contribution is 0.310. The predicted octanol–water partition coefficient (Wildman–Crippen LogP) is 3.75. The van der Waals surface area contributed by atoms with E-state index in [1.165, 1.54) is 0 Å². The first-order valence-corrected chi connectivity index (χ1v) is 6.76. The number of pyridine rings is 1. The molecule has 0 aliphatic rings. The van der Waals surface area contributed by atoms with Crippen molar-refractivity contribution >= 4 is 17.3 Å². The van der Waals surface area contributed by atoms with E-state index in [4.69, 9.17) is 21.1 Å². The number of rotatable bonds is 6. The number of anilines is 1. The van der Waals surface area contributed by atoms with Gasteiger partial charge in [0.25, 0.3) is 0 Å². The fourth-order valence-electron chi connectivity index (χ4n) is 1.78. The molecule has 1 N–H and O–H groups in total. The first kappa shape index (κ1) is 14.5. The minimum atomic E-state index is 0.485. The molecule has 0 spiro atoms. The Balaban J connectivity index is 2.04. The lowest BCUT2D eigenvalue weighted by Gasteiger charge is -2.12. The predicted molar refractivity (Wildman–Crippen MR) is 80.7 cm³/mol. The van der Waals surface area contributed by atoms with Crippen LogP contribution < -0.4 is 14.8 Å². The second kappa shape index (κ2) is 7.01. The van der Waals surface area contributed by atoms with Gasteiger partial charge in [0.15, 0.2) is 11.5 Å². The SMILES string of the molecule is CCOc1ccc(CNc2ccc(Cl)nc2)cc1OC. The number of halogens is 1. The lowest BCUT2D eigenvalue weighted by atomic mass is 10.2. The molecule has 1 aromatic carbocycles. The summed E-state index contributed by atoms with van der Waals surface area (Å²) in [5.41, 5.74) is 2.02. The van der Waals surface area contributed by atoms with Crippen LogP contribution in [0.15, 0.2) is 36.5 Å². The molecule has 0 saturated carbocycles. The maximum absolute atomic E-state index is 5.75. The topological polar surface area (TPSA) is 43.4 Å². The van der Waals surface area contributed by atoms with Crippen LogP contribution in [0, 0.1) is 0 Å². The Labute approximate surface area is 123 Å². The zero-order chi connectivity index (χ0) is 14.4. The zero-order valence-corrected chi connectivity index (χ0v) is 12.3. The molecule has 0 aliphatic heterocycles. The Morgan fingerprint density at radius 2 is 2.05 bits per heavy atom. The van der Waals surface area contributed by atoms with Gasteiger partial charge in [0, 0.05) is 6.54 Å². The molecular formula is C15H17ClN2O2. The van der Waals surface area contributed by atoms with E-state index in [0.29, 0.717) is 18.3 Å².